The number of aromatic nitrogens is 1. The van der Waals surface area contributed by atoms with Crippen LogP contribution < -0.4 is 0 Å². The van der Waals surface area contributed by atoms with E-state index in [1.807, 2.05) is 0 Å². The largest absolute Gasteiger partial charge is 0.455 e. The fourth-order valence-corrected chi connectivity index (χ4v) is 12.1. The van der Waals surface area contributed by atoms with Crippen LogP contribution in [0.4, 0.5) is 0 Å². The van der Waals surface area contributed by atoms with Gasteiger partial charge in [0, 0.05) is 38.4 Å². The second kappa shape index (κ2) is 17.9. The Morgan fingerprint density at radius 2 is 0.618 bits per heavy atom. The van der Waals surface area contributed by atoms with Crippen molar-refractivity contribution in [3.63, 3.8) is 0 Å². The predicted molar refractivity (Wildman–Crippen MR) is 321 cm³/mol. The molecular formula is C74H47NO. The quantitative estimate of drug-likeness (QED) is 0.139. The van der Waals surface area contributed by atoms with Crippen LogP contribution in [-0.4, -0.2) is 4.57 Å². The van der Waals surface area contributed by atoms with Gasteiger partial charge in [0.25, 0.3) is 0 Å². The van der Waals surface area contributed by atoms with Gasteiger partial charge in [-0.3, -0.25) is 0 Å². The molecule has 0 fully saturated rings. The number of hydrogen-bond acceptors (Lipinski definition) is 1. The van der Waals surface area contributed by atoms with E-state index in [0.717, 1.165) is 88.7 Å². The molecule has 0 N–H and O–H groups in total. The molecule has 0 aliphatic rings. The van der Waals surface area contributed by atoms with Gasteiger partial charge in [0.1, 0.15) is 11.2 Å². The molecule has 0 atom stereocenters. The standard InChI is InChI=1S/C74H47NO/c1-6-21-48(22-7-1)56-43-64(50-25-10-3-11-26-50)73-67(45-56)68-46-57(49-23-8-2-9-24-49)44-65(74(68)76-73)55-38-39-60-59-33-18-19-36-69(59)75(70(60)47-55)58-32-20-31-53(41-58)54-37-40-63-66(42-54)72(52-29-14-5-15-30-52)62-35-17-16-34-61(62)71(63)51-27-12-4-13-28-51/h1-47H. The van der Waals surface area contributed by atoms with Crippen molar-refractivity contribution >= 4 is 65.3 Å². The van der Waals surface area contributed by atoms with E-state index in [9.17, 15) is 0 Å². The van der Waals surface area contributed by atoms with Crippen LogP contribution in [0.3, 0.4) is 0 Å². The monoisotopic (exact) mass is 965 g/mol. The van der Waals surface area contributed by atoms with Crippen molar-refractivity contribution in [2.45, 2.75) is 0 Å². The van der Waals surface area contributed by atoms with Crippen molar-refractivity contribution in [1.29, 1.82) is 0 Å². The van der Waals surface area contributed by atoms with Crippen LogP contribution in [0.25, 0.3) is 149 Å². The molecule has 15 aromatic rings. The minimum absolute atomic E-state index is 0.871. The van der Waals surface area contributed by atoms with Crippen LogP contribution in [0.2, 0.25) is 0 Å². The van der Waals surface area contributed by atoms with Gasteiger partial charge in [0.15, 0.2) is 0 Å². The molecule has 2 heterocycles. The summed E-state index contributed by atoms with van der Waals surface area (Å²) >= 11 is 0. The van der Waals surface area contributed by atoms with Crippen molar-refractivity contribution in [2.75, 3.05) is 0 Å². The first kappa shape index (κ1) is 43.6. The van der Waals surface area contributed by atoms with Gasteiger partial charge in [0.05, 0.1) is 11.0 Å². The zero-order valence-electron chi connectivity index (χ0n) is 41.5. The lowest BCUT2D eigenvalue weighted by atomic mass is 9.85. The third-order valence-electron chi connectivity index (χ3n) is 15.5. The Balaban J connectivity index is 0.943. The summed E-state index contributed by atoms with van der Waals surface area (Å²) in [5, 5.41) is 9.55. The van der Waals surface area contributed by atoms with E-state index in [1.165, 1.54) is 60.1 Å². The molecule has 0 radical (unpaired) electrons. The maximum absolute atomic E-state index is 7.27. The summed E-state index contributed by atoms with van der Waals surface area (Å²) in [7, 11) is 0. The lowest BCUT2D eigenvalue weighted by molar-refractivity contribution is 0.671. The smallest absolute Gasteiger partial charge is 0.143 e. The average molecular weight is 966 g/mol. The van der Waals surface area contributed by atoms with Gasteiger partial charge in [-0.1, -0.05) is 231 Å². The molecule has 15 rings (SSSR count). The van der Waals surface area contributed by atoms with E-state index < -0.39 is 0 Å². The minimum atomic E-state index is 0.871. The molecule has 0 bridgehead atoms. The average Bonchev–Trinajstić information content (AvgIpc) is 4.11. The lowest BCUT2D eigenvalue weighted by Crippen LogP contribution is -1.95. The van der Waals surface area contributed by atoms with E-state index >= 15 is 0 Å². The van der Waals surface area contributed by atoms with Gasteiger partial charge in [-0.25, -0.2) is 0 Å². The molecule has 0 saturated carbocycles. The predicted octanol–water partition coefficient (Wildman–Crippen LogP) is 20.7. The van der Waals surface area contributed by atoms with E-state index in [4.69, 9.17) is 4.42 Å². The molecule has 0 saturated heterocycles. The SMILES string of the molecule is c1ccc(-c2cc(-c3ccccc3)c3oc4c(-c5ccc6c7ccccc7n(-c7cccc(-c8ccc9c(-c%10ccccc%10)c%10ccccc%10c(-c%10ccccc%10)c9c8)c7)c6c5)cc(-c5ccccc5)cc4c3c2)cc1. The first-order valence-electron chi connectivity index (χ1n) is 26.1. The van der Waals surface area contributed by atoms with Gasteiger partial charge in [-0.2, -0.15) is 0 Å². The topological polar surface area (TPSA) is 18.1 Å². The van der Waals surface area contributed by atoms with Gasteiger partial charge >= 0.3 is 0 Å². The van der Waals surface area contributed by atoms with Gasteiger partial charge in [-0.05, 0) is 143 Å². The Kier molecular flexibility index (Phi) is 10.2. The molecule has 0 amide bonds. The lowest BCUT2D eigenvalue weighted by Gasteiger charge is -2.19. The third-order valence-corrected chi connectivity index (χ3v) is 15.5. The van der Waals surface area contributed by atoms with Crippen LogP contribution in [0.5, 0.6) is 0 Å². The first-order valence-corrected chi connectivity index (χ1v) is 26.1. The summed E-state index contributed by atoms with van der Waals surface area (Å²) in [6.07, 6.45) is 0. The molecule has 0 unspecified atom stereocenters. The zero-order chi connectivity index (χ0) is 50.1. The number of benzene rings is 13. The second-order valence-electron chi connectivity index (χ2n) is 19.9. The highest BCUT2D eigenvalue weighted by Gasteiger charge is 2.22. The maximum Gasteiger partial charge on any atom is 0.143 e. The van der Waals surface area contributed by atoms with Crippen LogP contribution >= 0.6 is 0 Å². The molecule has 0 aliphatic heterocycles. The number of nitrogens with zero attached hydrogens (tertiary/aromatic N) is 1. The molecule has 2 nitrogen and oxygen atoms in total. The highest BCUT2D eigenvalue weighted by Crippen LogP contribution is 2.48. The summed E-state index contributed by atoms with van der Waals surface area (Å²) in [6, 6.07) is 104. The summed E-state index contributed by atoms with van der Waals surface area (Å²) < 4.78 is 9.72. The van der Waals surface area contributed by atoms with Crippen molar-refractivity contribution in [3.05, 3.63) is 285 Å². The molecule has 354 valence electrons. The van der Waals surface area contributed by atoms with E-state index in [0.29, 0.717) is 0 Å². The number of fused-ring (bicyclic) bond motifs is 8. The van der Waals surface area contributed by atoms with Crippen molar-refractivity contribution in [3.8, 4) is 83.6 Å². The number of para-hydroxylation sites is 1. The van der Waals surface area contributed by atoms with Gasteiger partial charge < -0.3 is 8.98 Å². The normalized spacial score (nSPS) is 11.7. The summed E-state index contributed by atoms with van der Waals surface area (Å²) in [5.41, 5.74) is 21.3. The molecule has 13 aromatic carbocycles. The summed E-state index contributed by atoms with van der Waals surface area (Å²) in [4.78, 5) is 0. The van der Waals surface area contributed by atoms with Gasteiger partial charge in [-0.15, -0.1) is 0 Å². The number of hydrogen-bond donors (Lipinski definition) is 0. The Bertz CT molecular complexity index is 4710. The van der Waals surface area contributed by atoms with E-state index in [-0.39, 0.29) is 0 Å². The molecule has 0 aliphatic carbocycles. The molecule has 2 aromatic heterocycles. The molecule has 0 spiro atoms. The summed E-state index contributed by atoms with van der Waals surface area (Å²) in [6.45, 7) is 0. The fourth-order valence-electron chi connectivity index (χ4n) is 12.1. The van der Waals surface area contributed by atoms with E-state index in [1.54, 1.807) is 0 Å². The van der Waals surface area contributed by atoms with E-state index in [2.05, 4.69) is 290 Å². The van der Waals surface area contributed by atoms with Crippen molar-refractivity contribution in [1.82, 2.24) is 4.57 Å². The minimum Gasteiger partial charge on any atom is -0.455 e. The Labute approximate surface area is 440 Å². The zero-order valence-corrected chi connectivity index (χ0v) is 41.5. The second-order valence-corrected chi connectivity index (χ2v) is 19.9. The number of furan rings is 1. The number of rotatable bonds is 8. The molecular weight excluding hydrogens is 919 g/mol. The van der Waals surface area contributed by atoms with Crippen LogP contribution in [0.15, 0.2) is 290 Å². The maximum atomic E-state index is 7.27. The Hall–Kier alpha value is -10.0. The summed E-state index contributed by atoms with van der Waals surface area (Å²) in [5.74, 6) is 0. The fraction of sp³-hybridized carbons (Fsp3) is 0. The Morgan fingerprint density at radius 3 is 1.21 bits per heavy atom. The highest BCUT2D eigenvalue weighted by atomic mass is 16.3. The van der Waals surface area contributed by atoms with Crippen LogP contribution in [-0.2, 0) is 0 Å². The van der Waals surface area contributed by atoms with Crippen molar-refractivity contribution < 1.29 is 4.42 Å². The van der Waals surface area contributed by atoms with Crippen LogP contribution in [0.1, 0.15) is 0 Å². The molecule has 2 heteroatoms. The Morgan fingerprint density at radius 1 is 0.211 bits per heavy atom. The van der Waals surface area contributed by atoms with Gasteiger partial charge in [0.2, 0.25) is 0 Å². The molecule has 76 heavy (non-hydrogen) atoms. The highest BCUT2D eigenvalue weighted by molar-refractivity contribution is 6.22. The first-order chi connectivity index (χ1) is 37.7. The van der Waals surface area contributed by atoms with Crippen molar-refractivity contribution in [2.24, 2.45) is 0 Å². The third kappa shape index (κ3) is 7.18. The van der Waals surface area contributed by atoms with Crippen LogP contribution in [0, 0.1) is 0 Å².